The zero-order valence-electron chi connectivity index (χ0n) is 11.5. The van der Waals surface area contributed by atoms with Gasteiger partial charge in [0.15, 0.2) is 11.7 Å². The number of aromatic amines is 1. The summed E-state index contributed by atoms with van der Waals surface area (Å²) in [7, 11) is 3.01. The van der Waals surface area contributed by atoms with Crippen LogP contribution in [0.2, 0.25) is 0 Å². The van der Waals surface area contributed by atoms with Crippen LogP contribution in [-0.4, -0.2) is 35.0 Å². The van der Waals surface area contributed by atoms with E-state index >= 15 is 0 Å². The van der Waals surface area contributed by atoms with Crippen molar-refractivity contribution in [3.63, 3.8) is 0 Å². The van der Waals surface area contributed by atoms with Crippen LogP contribution >= 0.6 is 0 Å². The first-order chi connectivity index (χ1) is 10.1. The lowest BCUT2D eigenvalue weighted by Gasteiger charge is -2.31. The highest BCUT2D eigenvalue weighted by atomic mass is 16.5. The molecule has 0 spiro atoms. The summed E-state index contributed by atoms with van der Waals surface area (Å²) in [5.74, 6) is 0.147. The number of nitrogens with two attached hydrogens (primary N) is 2. The summed E-state index contributed by atoms with van der Waals surface area (Å²) in [6.07, 6.45) is 1.51. The van der Waals surface area contributed by atoms with Crippen LogP contribution in [0.1, 0.15) is 11.3 Å². The first-order valence-corrected chi connectivity index (χ1v) is 6.13. The van der Waals surface area contributed by atoms with E-state index in [1.807, 2.05) is 0 Å². The van der Waals surface area contributed by atoms with Crippen LogP contribution in [0.4, 0.5) is 5.82 Å². The number of nitrogens with zero attached hydrogens (tertiary/aromatic N) is 3. The van der Waals surface area contributed by atoms with E-state index in [1.165, 1.54) is 20.5 Å². The Bertz CT molecular complexity index is 711. The molecule has 21 heavy (non-hydrogen) atoms. The second kappa shape index (κ2) is 4.63. The van der Waals surface area contributed by atoms with Gasteiger partial charge in [0.05, 0.1) is 26.1 Å². The number of ether oxygens (including phenoxy) is 2. The van der Waals surface area contributed by atoms with E-state index < -0.39 is 5.79 Å². The van der Waals surface area contributed by atoms with E-state index in [0.717, 1.165) is 0 Å². The number of H-pyrrole nitrogens is 1. The molecule has 3 rings (SSSR count). The summed E-state index contributed by atoms with van der Waals surface area (Å²) in [5, 5.41) is 3.02. The number of methoxy groups -OCH3 is 2. The molecular formula is C12H15N7O2. The number of aliphatic imine (C=N–C) groups is 1. The maximum Gasteiger partial charge on any atom is 0.225 e. The summed E-state index contributed by atoms with van der Waals surface area (Å²) in [4.78, 5) is 15.5. The van der Waals surface area contributed by atoms with Crippen molar-refractivity contribution in [3.05, 3.63) is 29.7 Å². The Balaban J connectivity index is 2.10. The lowest BCUT2D eigenvalue weighted by molar-refractivity contribution is 0.351. The van der Waals surface area contributed by atoms with Crippen LogP contribution in [0.15, 0.2) is 23.5 Å². The van der Waals surface area contributed by atoms with E-state index in [0.29, 0.717) is 28.8 Å². The highest BCUT2D eigenvalue weighted by Gasteiger charge is 2.36. The van der Waals surface area contributed by atoms with Crippen molar-refractivity contribution >= 4 is 11.7 Å². The van der Waals surface area contributed by atoms with Gasteiger partial charge in [0.25, 0.3) is 0 Å². The molecule has 0 bridgehead atoms. The van der Waals surface area contributed by atoms with Gasteiger partial charge in [-0.2, -0.15) is 4.98 Å². The molecule has 9 heteroatoms. The molecule has 0 aliphatic carbocycles. The quantitative estimate of drug-likeness (QED) is 0.610. The summed E-state index contributed by atoms with van der Waals surface area (Å²) >= 11 is 0. The summed E-state index contributed by atoms with van der Waals surface area (Å²) in [6.45, 7) is 0. The molecule has 0 fully saturated rings. The molecule has 1 atom stereocenters. The van der Waals surface area contributed by atoms with Crippen LogP contribution in [0.5, 0.6) is 11.8 Å². The van der Waals surface area contributed by atoms with Gasteiger partial charge in [-0.1, -0.05) is 0 Å². The van der Waals surface area contributed by atoms with Crippen LogP contribution in [0, 0.1) is 0 Å². The molecule has 0 saturated carbocycles. The third-order valence-corrected chi connectivity index (χ3v) is 3.15. The van der Waals surface area contributed by atoms with Gasteiger partial charge in [0, 0.05) is 6.07 Å². The number of pyridine rings is 1. The number of fused-ring (bicyclic) bond motifs is 1. The van der Waals surface area contributed by atoms with Gasteiger partial charge in [-0.3, -0.25) is 5.73 Å². The molecule has 1 aliphatic heterocycles. The largest absolute Gasteiger partial charge is 0.481 e. The van der Waals surface area contributed by atoms with E-state index in [9.17, 15) is 0 Å². The molecule has 0 saturated heterocycles. The molecule has 0 aromatic carbocycles. The van der Waals surface area contributed by atoms with E-state index in [1.54, 1.807) is 12.1 Å². The lowest BCUT2D eigenvalue weighted by Crippen LogP contribution is -2.48. The van der Waals surface area contributed by atoms with Crippen molar-refractivity contribution in [2.75, 3.05) is 19.5 Å². The highest BCUT2D eigenvalue weighted by Crippen LogP contribution is 2.33. The fraction of sp³-hybridized carbons (Fsp3) is 0.250. The Morgan fingerprint density at radius 2 is 2.05 bits per heavy atom. The maximum atomic E-state index is 6.32. The van der Waals surface area contributed by atoms with Crippen molar-refractivity contribution in [1.82, 2.24) is 15.0 Å². The number of hydrogen-bond acceptors (Lipinski definition) is 8. The molecule has 110 valence electrons. The van der Waals surface area contributed by atoms with Gasteiger partial charge in [0.1, 0.15) is 5.69 Å². The standard InChI is InChI=1S/C12H15N7O2/c1-20-7-4-3-6(11(17-7)21-2)12(14)18-9(13)8-10(19-12)16-5-15-8/h3-5,19H,14H2,1-2H3,(H2,13,18)(H,15,16). The molecule has 2 aromatic heterocycles. The first-order valence-electron chi connectivity index (χ1n) is 6.13. The fourth-order valence-corrected chi connectivity index (χ4v) is 2.15. The maximum absolute atomic E-state index is 6.32. The first kappa shape index (κ1) is 13.2. The average molecular weight is 289 g/mol. The number of rotatable bonds is 3. The number of aromatic nitrogens is 3. The second-order valence-corrected chi connectivity index (χ2v) is 4.43. The molecule has 6 N–H and O–H groups in total. The molecule has 9 nitrogen and oxygen atoms in total. The molecular weight excluding hydrogens is 274 g/mol. The number of imidazole rings is 1. The zero-order valence-corrected chi connectivity index (χ0v) is 11.5. The minimum atomic E-state index is -1.32. The molecule has 2 aromatic rings. The van der Waals surface area contributed by atoms with Gasteiger partial charge in [-0.05, 0) is 6.07 Å². The predicted octanol–water partition coefficient (Wildman–Crippen LogP) is -0.278. The smallest absolute Gasteiger partial charge is 0.225 e. The summed E-state index contributed by atoms with van der Waals surface area (Å²) in [5.41, 5.74) is 13.4. The van der Waals surface area contributed by atoms with Crippen molar-refractivity contribution in [2.24, 2.45) is 16.5 Å². The predicted molar refractivity (Wildman–Crippen MR) is 76.1 cm³/mol. The normalized spacial score (nSPS) is 20.2. The topological polar surface area (TPSA) is 136 Å². The second-order valence-electron chi connectivity index (χ2n) is 4.43. The Hall–Kier alpha value is -2.81. The third kappa shape index (κ3) is 2.03. The SMILES string of the molecule is COc1ccc(C2(N)N=C(N)c3[nH]cnc3N2)c(OC)n1. The minimum absolute atomic E-state index is 0.252. The van der Waals surface area contributed by atoms with E-state index in [2.05, 4.69) is 25.3 Å². The van der Waals surface area contributed by atoms with Crippen molar-refractivity contribution in [1.29, 1.82) is 0 Å². The van der Waals surface area contributed by atoms with Crippen molar-refractivity contribution in [2.45, 2.75) is 5.79 Å². The molecule has 0 radical (unpaired) electrons. The number of nitrogens with one attached hydrogen (secondary N) is 2. The van der Waals surface area contributed by atoms with Crippen LogP contribution in [0.3, 0.4) is 0 Å². The fourth-order valence-electron chi connectivity index (χ4n) is 2.15. The number of hydrogen-bond donors (Lipinski definition) is 4. The van der Waals surface area contributed by atoms with Crippen molar-refractivity contribution < 1.29 is 9.47 Å². The monoisotopic (exact) mass is 289 g/mol. The summed E-state index contributed by atoms with van der Waals surface area (Å²) < 4.78 is 10.3. The summed E-state index contributed by atoms with van der Waals surface area (Å²) in [6, 6.07) is 3.38. The van der Waals surface area contributed by atoms with Crippen LogP contribution < -0.4 is 26.3 Å². The van der Waals surface area contributed by atoms with E-state index in [-0.39, 0.29) is 5.84 Å². The van der Waals surface area contributed by atoms with Crippen LogP contribution in [-0.2, 0) is 5.79 Å². The Morgan fingerprint density at radius 1 is 1.24 bits per heavy atom. The number of anilines is 1. The molecule has 0 amide bonds. The van der Waals surface area contributed by atoms with Crippen LogP contribution in [0.25, 0.3) is 0 Å². The Labute approximate surface area is 120 Å². The Morgan fingerprint density at radius 3 is 2.76 bits per heavy atom. The van der Waals surface area contributed by atoms with Gasteiger partial charge in [-0.15, -0.1) is 0 Å². The molecule has 1 aliphatic rings. The minimum Gasteiger partial charge on any atom is -0.481 e. The van der Waals surface area contributed by atoms with Gasteiger partial charge >= 0.3 is 0 Å². The van der Waals surface area contributed by atoms with Gasteiger partial charge in [0.2, 0.25) is 17.5 Å². The highest BCUT2D eigenvalue weighted by molar-refractivity contribution is 6.01. The molecule has 3 heterocycles. The zero-order chi connectivity index (χ0) is 15.0. The molecule has 1 unspecified atom stereocenters. The lowest BCUT2D eigenvalue weighted by atomic mass is 10.1. The van der Waals surface area contributed by atoms with Gasteiger partial charge < -0.3 is 25.5 Å². The number of amidine groups is 1. The average Bonchev–Trinajstić information content (AvgIpc) is 2.94. The Kier molecular flexibility index (Phi) is 2.91. The third-order valence-electron chi connectivity index (χ3n) is 3.15. The van der Waals surface area contributed by atoms with Crippen molar-refractivity contribution in [3.8, 4) is 11.8 Å². The van der Waals surface area contributed by atoms with E-state index in [4.69, 9.17) is 20.9 Å². The van der Waals surface area contributed by atoms with Gasteiger partial charge in [-0.25, -0.2) is 9.98 Å².